The number of amides is 2. The number of carbonyl (C=O) groups is 2. The average Bonchev–Trinajstić information content (AvgIpc) is 2.82. The van der Waals surface area contributed by atoms with Crippen molar-refractivity contribution in [1.82, 2.24) is 5.06 Å². The highest BCUT2D eigenvalue weighted by Crippen LogP contribution is 2.40. The zero-order chi connectivity index (χ0) is 10.1. The summed E-state index contributed by atoms with van der Waals surface area (Å²) in [5.41, 5.74) is 3.77. The summed E-state index contributed by atoms with van der Waals surface area (Å²) in [6.07, 6.45) is 0.0700. The van der Waals surface area contributed by atoms with Crippen molar-refractivity contribution in [3.8, 4) is 0 Å². The zero-order valence-corrected chi connectivity index (χ0v) is 7.57. The SMILES string of the molecule is CON(C)C(=O)C1(OC(N)=O)CC1. The minimum Gasteiger partial charge on any atom is -0.433 e. The first-order chi connectivity index (χ1) is 6.02. The van der Waals surface area contributed by atoms with E-state index >= 15 is 0 Å². The molecule has 0 aromatic carbocycles. The van der Waals surface area contributed by atoms with Crippen molar-refractivity contribution in [3.63, 3.8) is 0 Å². The lowest BCUT2D eigenvalue weighted by atomic mass is 10.3. The first kappa shape index (κ1) is 9.79. The normalized spacial score (nSPS) is 17.7. The van der Waals surface area contributed by atoms with Crippen molar-refractivity contribution in [2.24, 2.45) is 5.73 Å². The molecule has 0 radical (unpaired) electrons. The number of rotatable bonds is 3. The lowest BCUT2D eigenvalue weighted by molar-refractivity contribution is -0.180. The monoisotopic (exact) mass is 188 g/mol. The molecular formula is C7H12N2O4. The summed E-state index contributed by atoms with van der Waals surface area (Å²) in [5.74, 6) is -0.381. The molecule has 1 saturated carbocycles. The average molecular weight is 188 g/mol. The maximum atomic E-state index is 11.5. The largest absolute Gasteiger partial charge is 0.433 e. The van der Waals surface area contributed by atoms with Crippen LogP contribution in [0.4, 0.5) is 4.79 Å². The van der Waals surface area contributed by atoms with Gasteiger partial charge in [0.2, 0.25) is 0 Å². The molecule has 0 saturated heterocycles. The topological polar surface area (TPSA) is 81.9 Å². The molecule has 1 aliphatic carbocycles. The van der Waals surface area contributed by atoms with E-state index < -0.39 is 11.7 Å². The van der Waals surface area contributed by atoms with Gasteiger partial charge in [0.15, 0.2) is 5.60 Å². The van der Waals surface area contributed by atoms with Gasteiger partial charge in [-0.2, -0.15) is 0 Å². The van der Waals surface area contributed by atoms with E-state index in [1.54, 1.807) is 0 Å². The summed E-state index contributed by atoms with van der Waals surface area (Å²) in [7, 11) is 2.81. The minimum absolute atomic E-state index is 0.381. The molecule has 0 bridgehead atoms. The third kappa shape index (κ3) is 1.89. The Morgan fingerprint density at radius 1 is 1.46 bits per heavy atom. The smallest absolute Gasteiger partial charge is 0.405 e. The molecule has 13 heavy (non-hydrogen) atoms. The molecule has 74 valence electrons. The lowest BCUT2D eigenvalue weighted by Crippen LogP contribution is -2.41. The van der Waals surface area contributed by atoms with Crippen LogP contribution in [-0.2, 0) is 14.4 Å². The van der Waals surface area contributed by atoms with Crippen LogP contribution in [0.3, 0.4) is 0 Å². The summed E-state index contributed by atoms with van der Waals surface area (Å²) in [5, 5.41) is 1.02. The second-order valence-electron chi connectivity index (χ2n) is 2.90. The first-order valence-electron chi connectivity index (χ1n) is 3.82. The van der Waals surface area contributed by atoms with E-state index in [1.165, 1.54) is 14.2 Å². The Bertz CT molecular complexity index is 237. The molecule has 1 aliphatic rings. The summed E-state index contributed by atoms with van der Waals surface area (Å²) in [6.45, 7) is 0. The van der Waals surface area contributed by atoms with Gasteiger partial charge in [0, 0.05) is 19.9 Å². The molecule has 0 heterocycles. The van der Waals surface area contributed by atoms with Crippen LogP contribution in [0.15, 0.2) is 0 Å². The maximum absolute atomic E-state index is 11.5. The Morgan fingerprint density at radius 3 is 2.31 bits per heavy atom. The van der Waals surface area contributed by atoms with Crippen molar-refractivity contribution in [2.45, 2.75) is 18.4 Å². The molecule has 1 rings (SSSR count). The highest BCUT2D eigenvalue weighted by atomic mass is 16.7. The van der Waals surface area contributed by atoms with Crippen molar-refractivity contribution >= 4 is 12.0 Å². The molecule has 2 amide bonds. The third-order valence-electron chi connectivity index (χ3n) is 1.95. The fraction of sp³-hybridized carbons (Fsp3) is 0.714. The van der Waals surface area contributed by atoms with E-state index in [2.05, 4.69) is 4.84 Å². The number of hydrogen-bond donors (Lipinski definition) is 1. The highest BCUT2D eigenvalue weighted by molar-refractivity contribution is 5.89. The Balaban J connectivity index is 2.60. The number of nitrogens with zero attached hydrogens (tertiary/aromatic N) is 1. The van der Waals surface area contributed by atoms with Gasteiger partial charge in [-0.1, -0.05) is 0 Å². The zero-order valence-electron chi connectivity index (χ0n) is 7.57. The third-order valence-corrected chi connectivity index (χ3v) is 1.95. The number of nitrogens with two attached hydrogens (primary N) is 1. The van der Waals surface area contributed by atoms with Crippen LogP contribution in [0, 0.1) is 0 Å². The van der Waals surface area contributed by atoms with Crippen LogP contribution in [0.25, 0.3) is 0 Å². The van der Waals surface area contributed by atoms with E-state index in [9.17, 15) is 9.59 Å². The number of hydrogen-bond acceptors (Lipinski definition) is 4. The predicted molar refractivity (Wildman–Crippen MR) is 42.4 cm³/mol. The van der Waals surface area contributed by atoms with Gasteiger partial charge in [-0.3, -0.25) is 9.63 Å². The van der Waals surface area contributed by atoms with E-state index in [1.807, 2.05) is 0 Å². The quantitative estimate of drug-likeness (QED) is 0.613. The van der Waals surface area contributed by atoms with Gasteiger partial charge in [-0.25, -0.2) is 9.86 Å². The van der Waals surface area contributed by atoms with Crippen LogP contribution in [0.2, 0.25) is 0 Å². The number of primary amides is 1. The minimum atomic E-state index is -1.06. The maximum Gasteiger partial charge on any atom is 0.405 e. The lowest BCUT2D eigenvalue weighted by Gasteiger charge is -2.20. The van der Waals surface area contributed by atoms with Crippen molar-refractivity contribution in [2.75, 3.05) is 14.2 Å². The molecule has 0 unspecified atom stereocenters. The van der Waals surface area contributed by atoms with Gasteiger partial charge < -0.3 is 10.5 Å². The number of hydroxylamine groups is 2. The van der Waals surface area contributed by atoms with E-state index in [4.69, 9.17) is 10.5 Å². The first-order valence-corrected chi connectivity index (χ1v) is 3.82. The standard InChI is InChI=1S/C7H12N2O4/c1-9(12-2)5(10)7(3-4-7)13-6(8)11/h3-4H2,1-2H3,(H2,8,11). The van der Waals surface area contributed by atoms with Crippen LogP contribution >= 0.6 is 0 Å². The van der Waals surface area contributed by atoms with Crippen LogP contribution in [0.1, 0.15) is 12.8 Å². The molecule has 0 spiro atoms. The van der Waals surface area contributed by atoms with Gasteiger partial charge in [0.1, 0.15) is 0 Å². The van der Waals surface area contributed by atoms with Gasteiger partial charge in [0.25, 0.3) is 5.91 Å². The Labute approximate surface area is 75.5 Å². The summed E-state index contributed by atoms with van der Waals surface area (Å²) < 4.78 is 4.70. The van der Waals surface area contributed by atoms with E-state index in [-0.39, 0.29) is 5.91 Å². The Morgan fingerprint density at radius 2 is 2.00 bits per heavy atom. The molecule has 0 atom stereocenters. The van der Waals surface area contributed by atoms with Crippen LogP contribution < -0.4 is 5.73 Å². The molecule has 6 heteroatoms. The molecule has 2 N–H and O–H groups in total. The summed E-state index contributed by atoms with van der Waals surface area (Å²) in [6, 6.07) is 0. The molecular weight excluding hydrogens is 176 g/mol. The second kappa shape index (κ2) is 3.21. The second-order valence-corrected chi connectivity index (χ2v) is 2.90. The molecule has 1 fully saturated rings. The number of carbonyl (C=O) groups excluding carboxylic acids is 2. The molecule has 0 aromatic heterocycles. The molecule has 0 aliphatic heterocycles. The van der Waals surface area contributed by atoms with Crippen molar-refractivity contribution in [1.29, 1.82) is 0 Å². The number of likely N-dealkylation sites (N-methyl/N-ethyl adjacent to an activating group) is 1. The number of ether oxygens (including phenoxy) is 1. The molecule has 6 nitrogen and oxygen atoms in total. The van der Waals surface area contributed by atoms with Gasteiger partial charge in [-0.15, -0.1) is 0 Å². The fourth-order valence-corrected chi connectivity index (χ4v) is 1.04. The van der Waals surface area contributed by atoms with Crippen molar-refractivity contribution in [3.05, 3.63) is 0 Å². The Kier molecular flexibility index (Phi) is 2.42. The van der Waals surface area contributed by atoms with E-state index in [0.29, 0.717) is 12.8 Å². The predicted octanol–water partition coefficient (Wildman–Crippen LogP) is -0.366. The highest BCUT2D eigenvalue weighted by Gasteiger charge is 2.55. The van der Waals surface area contributed by atoms with Gasteiger partial charge >= 0.3 is 6.09 Å². The van der Waals surface area contributed by atoms with Crippen molar-refractivity contribution < 1.29 is 19.2 Å². The van der Waals surface area contributed by atoms with Gasteiger partial charge in [-0.05, 0) is 0 Å². The van der Waals surface area contributed by atoms with Crippen LogP contribution in [-0.4, -0.2) is 36.8 Å². The Hall–Kier alpha value is -1.30. The fourth-order valence-electron chi connectivity index (χ4n) is 1.04. The van der Waals surface area contributed by atoms with Crippen LogP contribution in [0.5, 0.6) is 0 Å². The summed E-state index contributed by atoms with van der Waals surface area (Å²) >= 11 is 0. The van der Waals surface area contributed by atoms with Gasteiger partial charge in [0.05, 0.1) is 7.11 Å². The van der Waals surface area contributed by atoms with E-state index in [0.717, 1.165) is 5.06 Å². The summed E-state index contributed by atoms with van der Waals surface area (Å²) in [4.78, 5) is 26.6. The molecule has 0 aromatic rings.